The standard InChI is InChI=1S/C23H17F3N8O5/c24-23(25,26)13-9-10(3-5-28-13)34-6-4-14(31-34)33-7-8-38-18(22(33)37)16(35)20-29-12-2-1-11-17(39-32-19(11)27)15(12)21(36)30-20/h1-6,9,16,18,32,35H,7-8,27H2. The Morgan fingerprint density at radius 1 is 1.18 bits per heavy atom. The van der Waals surface area contributed by atoms with Crippen molar-refractivity contribution in [2.24, 2.45) is 0 Å². The number of nitrogens with zero attached hydrogens (tertiary/aromatic N) is 6. The Morgan fingerprint density at radius 2 is 2.00 bits per heavy atom. The van der Waals surface area contributed by atoms with Gasteiger partial charge in [0.1, 0.15) is 23.0 Å². The van der Waals surface area contributed by atoms with Gasteiger partial charge in [0, 0.05) is 18.5 Å². The fourth-order valence-corrected chi connectivity index (χ4v) is 4.31. The molecule has 0 spiro atoms. The minimum atomic E-state index is -4.64. The van der Waals surface area contributed by atoms with Gasteiger partial charge in [-0.1, -0.05) is 0 Å². The van der Waals surface area contributed by atoms with Gasteiger partial charge in [0.15, 0.2) is 23.3 Å². The summed E-state index contributed by atoms with van der Waals surface area (Å²) in [7, 11) is 0. The lowest BCUT2D eigenvalue weighted by Gasteiger charge is -2.32. The molecule has 16 heteroatoms. The highest BCUT2D eigenvalue weighted by Gasteiger charge is 2.39. The van der Waals surface area contributed by atoms with Crippen LogP contribution in [0.3, 0.4) is 0 Å². The average molecular weight is 542 g/mol. The molecule has 1 saturated heterocycles. The van der Waals surface area contributed by atoms with Gasteiger partial charge in [-0.05, 0) is 24.3 Å². The van der Waals surface area contributed by atoms with Crippen molar-refractivity contribution in [1.29, 1.82) is 0 Å². The summed E-state index contributed by atoms with van der Waals surface area (Å²) >= 11 is 0. The fourth-order valence-electron chi connectivity index (χ4n) is 4.31. The molecule has 1 amide bonds. The van der Waals surface area contributed by atoms with Crippen molar-refractivity contribution in [3.8, 4) is 5.69 Å². The molecule has 1 aromatic carbocycles. The normalized spacial score (nSPS) is 17.3. The molecule has 2 unspecified atom stereocenters. The number of aliphatic hydroxyl groups is 1. The number of aromatic amines is 1. The predicted octanol–water partition coefficient (Wildman–Crippen LogP) is 1.71. The third kappa shape index (κ3) is 4.15. The number of carbonyl (C=O) groups excluding carboxylic acids is 1. The van der Waals surface area contributed by atoms with Crippen LogP contribution in [0, 0.1) is 0 Å². The monoisotopic (exact) mass is 542 g/mol. The second-order valence-electron chi connectivity index (χ2n) is 8.58. The van der Waals surface area contributed by atoms with E-state index in [0.29, 0.717) is 5.39 Å². The number of nitrogens with two attached hydrogens (primary N) is 1. The number of halogens is 3. The first kappa shape index (κ1) is 24.5. The molecule has 0 radical (unpaired) electrons. The van der Waals surface area contributed by atoms with E-state index in [9.17, 15) is 27.9 Å². The maximum Gasteiger partial charge on any atom is 0.433 e. The molecule has 5 heterocycles. The molecule has 4 N–H and O–H groups in total. The van der Waals surface area contributed by atoms with Crippen LogP contribution >= 0.6 is 0 Å². The average Bonchev–Trinajstić information content (AvgIpc) is 3.55. The molecule has 1 fully saturated rings. The third-order valence-electron chi connectivity index (χ3n) is 6.18. The smallest absolute Gasteiger partial charge is 0.382 e. The third-order valence-corrected chi connectivity index (χ3v) is 6.18. The van der Waals surface area contributed by atoms with Crippen molar-refractivity contribution in [1.82, 2.24) is 29.9 Å². The van der Waals surface area contributed by atoms with Gasteiger partial charge in [-0.15, -0.1) is 5.10 Å². The predicted molar refractivity (Wildman–Crippen MR) is 128 cm³/mol. The zero-order chi connectivity index (χ0) is 27.5. The number of ether oxygens (including phenoxy) is 1. The lowest BCUT2D eigenvalue weighted by Crippen LogP contribution is -2.50. The largest absolute Gasteiger partial charge is 0.433 e. The number of nitrogens with one attached hydrogen (secondary N) is 1. The van der Waals surface area contributed by atoms with Crippen LogP contribution in [-0.2, 0) is 15.7 Å². The van der Waals surface area contributed by atoms with Crippen LogP contribution in [-0.4, -0.2) is 60.2 Å². The van der Waals surface area contributed by atoms with Gasteiger partial charge in [-0.25, -0.2) is 14.8 Å². The Morgan fingerprint density at radius 3 is 2.79 bits per heavy atom. The van der Waals surface area contributed by atoms with E-state index in [-0.39, 0.29) is 52.8 Å². The van der Waals surface area contributed by atoms with Crippen LogP contribution < -0.4 is 16.2 Å². The SMILES string of the molecule is Nc1[nH]oc2c1ccc1nc(C(O)C3OCCN(c4ccn(-c5ccnc(C(F)(F)F)c5)n4)C3=O)nc(=O)c12. The number of rotatable bonds is 4. The zero-order valence-corrected chi connectivity index (χ0v) is 19.6. The fraction of sp³-hybridized carbons (Fsp3) is 0.217. The van der Waals surface area contributed by atoms with E-state index in [1.807, 2.05) is 0 Å². The highest BCUT2D eigenvalue weighted by molar-refractivity contribution is 6.05. The number of hydrogen-bond donors (Lipinski definition) is 3. The van der Waals surface area contributed by atoms with Crippen molar-refractivity contribution in [3.63, 3.8) is 0 Å². The summed E-state index contributed by atoms with van der Waals surface area (Å²) in [6.45, 7) is 0.0523. The molecule has 0 bridgehead atoms. The van der Waals surface area contributed by atoms with E-state index in [2.05, 4.69) is 25.2 Å². The highest BCUT2D eigenvalue weighted by Crippen LogP contribution is 2.30. The first-order valence-corrected chi connectivity index (χ1v) is 11.4. The number of H-pyrrole nitrogens is 1. The van der Waals surface area contributed by atoms with E-state index < -0.39 is 35.5 Å². The Labute approximate surface area is 214 Å². The Kier molecular flexibility index (Phi) is 5.58. The lowest BCUT2D eigenvalue weighted by atomic mass is 10.1. The molecule has 39 heavy (non-hydrogen) atoms. The number of nitrogen functional groups attached to an aromatic ring is 1. The number of pyridine rings is 1. The number of carbonyl (C=O) groups is 1. The van der Waals surface area contributed by atoms with Crippen molar-refractivity contribution in [3.05, 3.63) is 64.6 Å². The quantitative estimate of drug-likeness (QED) is 0.303. The van der Waals surface area contributed by atoms with Gasteiger partial charge in [0.05, 0.1) is 29.7 Å². The van der Waals surface area contributed by atoms with Crippen molar-refractivity contribution in [2.45, 2.75) is 18.4 Å². The number of hydrogen-bond acceptors (Lipinski definition) is 10. The summed E-state index contributed by atoms with van der Waals surface area (Å²) in [5, 5.41) is 18.1. The number of amides is 1. The van der Waals surface area contributed by atoms with Gasteiger partial charge >= 0.3 is 6.18 Å². The summed E-state index contributed by atoms with van der Waals surface area (Å²) in [6.07, 6.45) is -5.44. The second kappa shape index (κ2) is 8.88. The van der Waals surface area contributed by atoms with Crippen LogP contribution in [0.1, 0.15) is 17.6 Å². The zero-order valence-electron chi connectivity index (χ0n) is 19.6. The molecule has 0 saturated carbocycles. The van der Waals surface area contributed by atoms with Crippen molar-refractivity contribution < 1.29 is 32.3 Å². The van der Waals surface area contributed by atoms with Crippen LogP contribution in [0.15, 0.2) is 52.0 Å². The summed E-state index contributed by atoms with van der Waals surface area (Å²) in [5.41, 5.74) is 4.33. The molecule has 1 aliphatic rings. The van der Waals surface area contributed by atoms with Crippen molar-refractivity contribution in [2.75, 3.05) is 23.8 Å². The maximum absolute atomic E-state index is 13.3. The number of aromatic nitrogens is 6. The molecule has 200 valence electrons. The van der Waals surface area contributed by atoms with Crippen LogP contribution in [0.2, 0.25) is 0 Å². The molecule has 5 aromatic rings. The van der Waals surface area contributed by atoms with Gasteiger partial charge in [0.2, 0.25) is 0 Å². The van der Waals surface area contributed by atoms with Crippen LogP contribution in [0.5, 0.6) is 0 Å². The number of anilines is 2. The lowest BCUT2D eigenvalue weighted by molar-refractivity contribution is -0.143. The number of aliphatic hydroxyl groups excluding tert-OH is 1. The number of benzene rings is 1. The molecule has 1 aliphatic heterocycles. The van der Waals surface area contributed by atoms with Crippen molar-refractivity contribution >= 4 is 39.4 Å². The van der Waals surface area contributed by atoms with Crippen LogP contribution in [0.25, 0.3) is 27.6 Å². The Hall–Kier alpha value is -4.83. The van der Waals surface area contributed by atoms with Crippen LogP contribution in [0.4, 0.5) is 24.8 Å². The molecular formula is C23H17F3N8O5. The molecular weight excluding hydrogens is 525 g/mol. The van der Waals surface area contributed by atoms with E-state index in [1.165, 1.54) is 29.3 Å². The van der Waals surface area contributed by atoms with E-state index >= 15 is 0 Å². The highest BCUT2D eigenvalue weighted by atomic mass is 19.4. The summed E-state index contributed by atoms with van der Waals surface area (Å²) in [5.74, 6) is -0.713. The minimum absolute atomic E-state index is 0.00620. The molecule has 6 rings (SSSR count). The number of fused-ring (bicyclic) bond motifs is 3. The van der Waals surface area contributed by atoms with Gasteiger partial charge < -0.3 is 20.1 Å². The molecule has 13 nitrogen and oxygen atoms in total. The molecule has 4 aromatic heterocycles. The maximum atomic E-state index is 13.3. The number of morpholine rings is 1. The summed E-state index contributed by atoms with van der Waals surface area (Å²) in [4.78, 5) is 38.7. The Balaban J connectivity index is 1.28. The molecule has 2 atom stereocenters. The Bertz CT molecular complexity index is 1800. The van der Waals surface area contributed by atoms with E-state index in [1.54, 1.807) is 6.07 Å². The van der Waals surface area contributed by atoms with Gasteiger partial charge in [0.25, 0.3) is 11.5 Å². The second-order valence-corrected chi connectivity index (χ2v) is 8.58. The summed E-state index contributed by atoms with van der Waals surface area (Å²) < 4.78 is 51.1. The first-order valence-electron chi connectivity index (χ1n) is 11.4. The number of alkyl halides is 3. The topological polar surface area (TPSA) is 178 Å². The first-order chi connectivity index (χ1) is 18.6. The minimum Gasteiger partial charge on any atom is -0.382 e. The molecule has 0 aliphatic carbocycles. The van der Waals surface area contributed by atoms with Gasteiger partial charge in [-0.3, -0.25) is 19.5 Å². The van der Waals surface area contributed by atoms with Gasteiger partial charge in [-0.2, -0.15) is 18.2 Å². The summed E-state index contributed by atoms with van der Waals surface area (Å²) in [6, 6.07) is 6.67. The van der Waals surface area contributed by atoms with E-state index in [4.69, 9.17) is 15.0 Å². The van der Waals surface area contributed by atoms with E-state index in [0.717, 1.165) is 16.9 Å².